The van der Waals surface area contributed by atoms with Crippen LogP contribution in [0.3, 0.4) is 0 Å². The van der Waals surface area contributed by atoms with E-state index in [1.807, 2.05) is 6.07 Å². The van der Waals surface area contributed by atoms with Gasteiger partial charge in [0.1, 0.15) is 11.4 Å². The number of benzene rings is 1. The van der Waals surface area contributed by atoms with E-state index in [9.17, 15) is 14.7 Å². The fourth-order valence-corrected chi connectivity index (χ4v) is 2.89. The van der Waals surface area contributed by atoms with Gasteiger partial charge in [0.05, 0.1) is 18.9 Å². The van der Waals surface area contributed by atoms with Crippen LogP contribution in [0.5, 0.6) is 0 Å². The average molecular weight is 382 g/mol. The van der Waals surface area contributed by atoms with Gasteiger partial charge in [-0.1, -0.05) is 12.1 Å². The van der Waals surface area contributed by atoms with Crippen LogP contribution < -0.4 is 16.1 Å². The molecule has 3 rings (SSSR count). The smallest absolute Gasteiger partial charge is 0.411 e. The van der Waals surface area contributed by atoms with E-state index in [4.69, 9.17) is 5.73 Å². The van der Waals surface area contributed by atoms with Gasteiger partial charge in [0.2, 0.25) is 5.43 Å². The molecule has 28 heavy (non-hydrogen) atoms. The van der Waals surface area contributed by atoms with Crippen molar-refractivity contribution in [1.82, 2.24) is 19.6 Å². The first-order chi connectivity index (χ1) is 13.5. The lowest BCUT2D eigenvalue weighted by molar-refractivity contribution is 0.202. The lowest BCUT2D eigenvalue weighted by Gasteiger charge is -2.17. The maximum Gasteiger partial charge on any atom is 0.411 e. The topological polar surface area (TPSA) is 119 Å². The van der Waals surface area contributed by atoms with Gasteiger partial charge in [0.15, 0.2) is 0 Å². The van der Waals surface area contributed by atoms with E-state index in [1.165, 1.54) is 11.0 Å². The number of anilines is 1. The Balaban J connectivity index is 1.88. The maximum atomic E-state index is 12.3. The van der Waals surface area contributed by atoms with Gasteiger partial charge >= 0.3 is 6.09 Å². The van der Waals surface area contributed by atoms with Crippen molar-refractivity contribution in [3.05, 3.63) is 70.4 Å². The van der Waals surface area contributed by atoms with Crippen LogP contribution in [-0.2, 0) is 13.0 Å². The van der Waals surface area contributed by atoms with Crippen molar-refractivity contribution in [3.8, 4) is 5.69 Å². The van der Waals surface area contributed by atoms with Crippen LogP contribution in [0.15, 0.2) is 53.7 Å². The molecule has 3 N–H and O–H groups in total. The van der Waals surface area contributed by atoms with E-state index < -0.39 is 6.09 Å². The Labute approximate surface area is 161 Å². The number of nitrogens with two attached hydrogens (primary N) is 1. The first-order valence-corrected chi connectivity index (χ1v) is 8.93. The number of rotatable bonds is 7. The second-order valence-electron chi connectivity index (χ2n) is 6.20. The third-order valence-corrected chi connectivity index (χ3v) is 4.26. The molecule has 146 valence electrons. The van der Waals surface area contributed by atoms with Crippen LogP contribution in [0.4, 0.5) is 10.5 Å². The fourth-order valence-electron chi connectivity index (χ4n) is 2.89. The van der Waals surface area contributed by atoms with Gasteiger partial charge < -0.3 is 10.8 Å². The molecule has 0 saturated carbocycles. The summed E-state index contributed by atoms with van der Waals surface area (Å²) in [6.07, 6.45) is 4.33. The summed E-state index contributed by atoms with van der Waals surface area (Å²) in [5.41, 5.74) is 7.82. The molecular formula is C19H22N6O3. The van der Waals surface area contributed by atoms with E-state index >= 15 is 0 Å². The number of aromatic nitrogens is 4. The molecule has 2 aromatic heterocycles. The summed E-state index contributed by atoms with van der Waals surface area (Å²) in [7, 11) is 0. The first kappa shape index (κ1) is 19.3. The number of carboxylic acid groups (broad SMARTS) is 1. The second kappa shape index (κ2) is 8.49. The van der Waals surface area contributed by atoms with Crippen LogP contribution in [0.25, 0.3) is 5.69 Å². The number of amides is 1. The molecule has 0 aliphatic heterocycles. The van der Waals surface area contributed by atoms with Crippen molar-refractivity contribution >= 4 is 11.8 Å². The zero-order chi connectivity index (χ0) is 20.1. The number of nitrogens with zero attached hydrogens (tertiary/aromatic N) is 5. The second-order valence-corrected chi connectivity index (χ2v) is 6.20. The molecule has 0 unspecified atom stereocenters. The fraction of sp³-hybridized carbons (Fsp3) is 0.263. The molecule has 0 atom stereocenters. The predicted molar refractivity (Wildman–Crippen MR) is 105 cm³/mol. The van der Waals surface area contributed by atoms with Gasteiger partial charge in [-0.05, 0) is 24.6 Å². The lowest BCUT2D eigenvalue weighted by Crippen LogP contribution is -2.28. The molecule has 9 heteroatoms. The van der Waals surface area contributed by atoms with Gasteiger partial charge in [0.25, 0.3) is 0 Å². The Morgan fingerprint density at radius 2 is 2.14 bits per heavy atom. The molecule has 0 radical (unpaired) electrons. The molecule has 1 amide bonds. The number of hydrogen-bond donors (Lipinski definition) is 2. The summed E-state index contributed by atoms with van der Waals surface area (Å²) in [5.74, 6) is 0. The van der Waals surface area contributed by atoms with Gasteiger partial charge in [0, 0.05) is 37.5 Å². The maximum absolute atomic E-state index is 12.3. The molecule has 3 aromatic rings. The van der Waals surface area contributed by atoms with Crippen molar-refractivity contribution in [1.29, 1.82) is 0 Å². The Morgan fingerprint density at radius 3 is 2.86 bits per heavy atom. The van der Waals surface area contributed by atoms with E-state index in [0.717, 1.165) is 11.3 Å². The van der Waals surface area contributed by atoms with Gasteiger partial charge in [-0.2, -0.15) is 10.2 Å². The van der Waals surface area contributed by atoms with Gasteiger partial charge in [-0.15, -0.1) is 0 Å². The zero-order valence-electron chi connectivity index (χ0n) is 15.5. The minimum Gasteiger partial charge on any atom is -0.465 e. The zero-order valence-corrected chi connectivity index (χ0v) is 15.5. The molecular weight excluding hydrogens is 360 g/mol. The van der Waals surface area contributed by atoms with Crippen LogP contribution in [-0.4, -0.2) is 43.9 Å². The van der Waals surface area contributed by atoms with Crippen molar-refractivity contribution in [2.75, 3.05) is 18.0 Å². The highest BCUT2D eigenvalue weighted by atomic mass is 16.4. The Kier molecular flexibility index (Phi) is 5.85. The van der Waals surface area contributed by atoms with E-state index in [2.05, 4.69) is 10.2 Å². The van der Waals surface area contributed by atoms with Crippen molar-refractivity contribution in [2.24, 2.45) is 5.73 Å². The predicted octanol–water partition coefficient (Wildman–Crippen LogP) is 1.48. The molecule has 1 aromatic carbocycles. The lowest BCUT2D eigenvalue weighted by atomic mass is 10.1. The van der Waals surface area contributed by atoms with Crippen LogP contribution in [0.1, 0.15) is 18.2 Å². The molecule has 0 spiro atoms. The molecule has 0 bridgehead atoms. The summed E-state index contributed by atoms with van der Waals surface area (Å²) < 4.78 is 3.31. The van der Waals surface area contributed by atoms with Crippen LogP contribution in [0, 0.1) is 0 Å². The van der Waals surface area contributed by atoms with E-state index in [-0.39, 0.29) is 5.43 Å². The SMILES string of the molecule is CCN(C(=O)O)c1cccc(Cc2nn(-c3cnn(CCN)c3)ccc2=O)c1. The largest absolute Gasteiger partial charge is 0.465 e. The molecule has 0 aliphatic carbocycles. The summed E-state index contributed by atoms with van der Waals surface area (Å²) in [6, 6.07) is 8.56. The molecule has 2 heterocycles. The summed E-state index contributed by atoms with van der Waals surface area (Å²) in [6.45, 7) is 3.17. The highest BCUT2D eigenvalue weighted by Crippen LogP contribution is 2.18. The summed E-state index contributed by atoms with van der Waals surface area (Å²) in [5, 5.41) is 17.9. The minimum absolute atomic E-state index is 0.179. The third kappa shape index (κ3) is 4.26. The monoisotopic (exact) mass is 382 g/mol. The number of hydrogen-bond acceptors (Lipinski definition) is 5. The number of carbonyl (C=O) groups is 1. The normalized spacial score (nSPS) is 10.8. The minimum atomic E-state index is -1.02. The highest BCUT2D eigenvalue weighted by Gasteiger charge is 2.13. The Morgan fingerprint density at radius 1 is 1.32 bits per heavy atom. The third-order valence-electron chi connectivity index (χ3n) is 4.26. The van der Waals surface area contributed by atoms with Crippen molar-refractivity contribution in [3.63, 3.8) is 0 Å². The van der Waals surface area contributed by atoms with Crippen molar-refractivity contribution < 1.29 is 9.90 Å². The van der Waals surface area contributed by atoms with E-state index in [1.54, 1.807) is 53.1 Å². The average Bonchev–Trinajstić information content (AvgIpc) is 3.13. The Bertz CT molecular complexity index is 1030. The summed E-state index contributed by atoms with van der Waals surface area (Å²) >= 11 is 0. The molecule has 0 fully saturated rings. The van der Waals surface area contributed by atoms with Gasteiger partial charge in [-0.3, -0.25) is 14.4 Å². The molecule has 0 aliphatic rings. The molecule has 9 nitrogen and oxygen atoms in total. The van der Waals surface area contributed by atoms with Gasteiger partial charge in [-0.25, -0.2) is 9.48 Å². The Hall–Kier alpha value is -3.46. The van der Waals surface area contributed by atoms with Crippen LogP contribution in [0.2, 0.25) is 0 Å². The van der Waals surface area contributed by atoms with E-state index in [0.29, 0.717) is 37.4 Å². The van der Waals surface area contributed by atoms with Crippen molar-refractivity contribution in [2.45, 2.75) is 19.9 Å². The standard InChI is InChI=1S/C19H22N6O3/c1-2-24(19(27)28)15-5-3-4-14(10-15)11-17-18(26)6-8-25(22-17)16-12-21-23(13-16)9-7-20/h3-6,8,10,12-13H,2,7,9,11,20H2,1H3,(H,27,28). The molecule has 0 saturated heterocycles. The quantitative estimate of drug-likeness (QED) is 0.639. The highest BCUT2D eigenvalue weighted by molar-refractivity contribution is 5.85. The summed E-state index contributed by atoms with van der Waals surface area (Å²) in [4.78, 5) is 24.9. The van der Waals surface area contributed by atoms with Crippen LogP contribution >= 0.6 is 0 Å². The first-order valence-electron chi connectivity index (χ1n) is 8.93.